The summed E-state index contributed by atoms with van der Waals surface area (Å²) in [6.45, 7) is 4.16. The fourth-order valence-electron chi connectivity index (χ4n) is 3.04. The molecule has 0 aliphatic carbocycles. The van der Waals surface area contributed by atoms with E-state index in [0.29, 0.717) is 30.2 Å². The lowest BCUT2D eigenvalue weighted by molar-refractivity contribution is -0.126. The molecule has 1 saturated heterocycles. The van der Waals surface area contributed by atoms with Gasteiger partial charge in [0.15, 0.2) is 6.61 Å². The quantitative estimate of drug-likeness (QED) is 0.674. The Morgan fingerprint density at radius 2 is 1.86 bits per heavy atom. The maximum atomic E-state index is 12.3. The van der Waals surface area contributed by atoms with Crippen molar-refractivity contribution in [2.24, 2.45) is 5.92 Å². The molecular weight excluding hydrogens is 370 g/mol. The highest BCUT2D eigenvalue weighted by Gasteiger charge is 2.34. The third-order valence-electron chi connectivity index (χ3n) is 4.49. The van der Waals surface area contributed by atoms with Crippen LogP contribution in [0.25, 0.3) is 0 Å². The van der Waals surface area contributed by atoms with Gasteiger partial charge < -0.3 is 20.3 Å². The van der Waals surface area contributed by atoms with Crippen molar-refractivity contribution >= 4 is 29.1 Å². The Morgan fingerprint density at radius 1 is 1.14 bits per heavy atom. The highest BCUT2D eigenvalue weighted by Crippen LogP contribution is 2.27. The van der Waals surface area contributed by atoms with Crippen LogP contribution >= 0.6 is 0 Å². The molecular formula is C22H23N3O4. The van der Waals surface area contributed by atoms with Crippen LogP contribution < -0.4 is 20.3 Å². The number of nitrogens with zero attached hydrogens (tertiary/aromatic N) is 1. The molecule has 7 heteroatoms. The van der Waals surface area contributed by atoms with Crippen molar-refractivity contribution in [2.45, 2.75) is 6.42 Å². The van der Waals surface area contributed by atoms with Gasteiger partial charge in [-0.2, -0.15) is 0 Å². The number of para-hydroxylation sites is 1. The van der Waals surface area contributed by atoms with Gasteiger partial charge in [-0.3, -0.25) is 14.4 Å². The molecule has 2 aromatic rings. The molecule has 1 heterocycles. The van der Waals surface area contributed by atoms with E-state index >= 15 is 0 Å². The molecule has 2 aromatic carbocycles. The van der Waals surface area contributed by atoms with Crippen LogP contribution in [0.2, 0.25) is 0 Å². The minimum absolute atomic E-state index is 0.0975. The van der Waals surface area contributed by atoms with Crippen molar-refractivity contribution in [3.63, 3.8) is 0 Å². The molecule has 2 N–H and O–H groups in total. The van der Waals surface area contributed by atoms with E-state index in [0.717, 1.165) is 0 Å². The molecule has 7 nitrogen and oxygen atoms in total. The van der Waals surface area contributed by atoms with Gasteiger partial charge in [0.05, 0.1) is 5.92 Å². The second-order valence-electron chi connectivity index (χ2n) is 6.64. The molecule has 1 aliphatic rings. The Morgan fingerprint density at radius 3 is 2.55 bits per heavy atom. The first-order valence-electron chi connectivity index (χ1n) is 9.33. The number of hydrogen-bond acceptors (Lipinski definition) is 4. The molecule has 1 atom stereocenters. The third kappa shape index (κ3) is 5.44. The lowest BCUT2D eigenvalue weighted by Gasteiger charge is -2.17. The molecule has 3 rings (SSSR count). The largest absolute Gasteiger partial charge is 0.484 e. The smallest absolute Gasteiger partial charge is 0.262 e. The van der Waals surface area contributed by atoms with Gasteiger partial charge in [-0.05, 0) is 36.4 Å². The van der Waals surface area contributed by atoms with Gasteiger partial charge in [-0.1, -0.05) is 24.3 Å². The number of anilines is 2. The molecule has 0 bridgehead atoms. The summed E-state index contributed by atoms with van der Waals surface area (Å²) in [6, 6.07) is 16.0. The molecule has 150 valence electrons. The average Bonchev–Trinajstić information content (AvgIpc) is 3.13. The van der Waals surface area contributed by atoms with E-state index in [1.807, 2.05) is 18.2 Å². The predicted octanol–water partition coefficient (Wildman–Crippen LogP) is 2.36. The van der Waals surface area contributed by atoms with Gasteiger partial charge >= 0.3 is 0 Å². The summed E-state index contributed by atoms with van der Waals surface area (Å²) in [7, 11) is 0. The summed E-state index contributed by atoms with van der Waals surface area (Å²) in [6.07, 6.45) is 1.78. The number of nitrogens with one attached hydrogen (secondary N) is 2. The molecule has 0 unspecified atom stereocenters. The Bertz CT molecular complexity index is 881. The highest BCUT2D eigenvalue weighted by atomic mass is 16.5. The van der Waals surface area contributed by atoms with Crippen LogP contribution in [-0.2, 0) is 14.4 Å². The van der Waals surface area contributed by atoms with E-state index in [4.69, 9.17) is 4.74 Å². The van der Waals surface area contributed by atoms with E-state index in [-0.39, 0.29) is 36.7 Å². The first-order chi connectivity index (χ1) is 14.1. The van der Waals surface area contributed by atoms with Gasteiger partial charge in [-0.15, -0.1) is 6.58 Å². The number of rotatable bonds is 8. The highest BCUT2D eigenvalue weighted by molar-refractivity contribution is 6.00. The van der Waals surface area contributed by atoms with Crippen LogP contribution in [-0.4, -0.2) is 37.4 Å². The van der Waals surface area contributed by atoms with Crippen LogP contribution in [0.1, 0.15) is 6.42 Å². The predicted molar refractivity (Wildman–Crippen MR) is 111 cm³/mol. The second kappa shape index (κ2) is 9.54. The van der Waals surface area contributed by atoms with E-state index in [2.05, 4.69) is 17.2 Å². The lowest BCUT2D eigenvalue weighted by Crippen LogP contribution is -2.32. The molecule has 0 spiro atoms. The summed E-state index contributed by atoms with van der Waals surface area (Å²) < 4.78 is 5.50. The lowest BCUT2D eigenvalue weighted by atomic mass is 10.1. The average molecular weight is 393 g/mol. The fraction of sp³-hybridized carbons (Fsp3) is 0.227. The van der Waals surface area contributed by atoms with Gasteiger partial charge in [0.25, 0.3) is 5.91 Å². The van der Waals surface area contributed by atoms with Crippen LogP contribution in [0.3, 0.4) is 0 Å². The minimum atomic E-state index is -0.375. The van der Waals surface area contributed by atoms with E-state index in [1.165, 1.54) is 0 Å². The molecule has 0 radical (unpaired) electrons. The first-order valence-corrected chi connectivity index (χ1v) is 9.33. The van der Waals surface area contributed by atoms with Crippen molar-refractivity contribution < 1.29 is 19.1 Å². The number of benzene rings is 2. The third-order valence-corrected chi connectivity index (χ3v) is 4.49. The second-order valence-corrected chi connectivity index (χ2v) is 6.64. The maximum absolute atomic E-state index is 12.3. The Labute approximate surface area is 169 Å². The van der Waals surface area contributed by atoms with E-state index in [9.17, 15) is 14.4 Å². The van der Waals surface area contributed by atoms with Gasteiger partial charge in [0.2, 0.25) is 11.8 Å². The number of carbonyl (C=O) groups is 3. The minimum Gasteiger partial charge on any atom is -0.484 e. The van der Waals surface area contributed by atoms with Gasteiger partial charge in [0, 0.05) is 30.9 Å². The van der Waals surface area contributed by atoms with E-state index < -0.39 is 0 Å². The molecule has 1 fully saturated rings. The van der Waals surface area contributed by atoms with Crippen molar-refractivity contribution in [3.8, 4) is 5.75 Å². The number of hydrogen-bond donors (Lipinski definition) is 2. The molecule has 29 heavy (non-hydrogen) atoms. The SMILES string of the molecule is C=CCNC(=O)[C@@H]1CC(=O)N(c2ccc(OCC(=O)Nc3ccccc3)cc2)C1. The standard InChI is InChI=1S/C22H23N3O4/c1-2-12-23-22(28)16-13-21(27)25(14-16)18-8-10-19(11-9-18)29-15-20(26)24-17-6-4-3-5-7-17/h2-11,16H,1,12-15H2,(H,23,28)(H,24,26)/t16-/m1/s1. The molecule has 0 aromatic heterocycles. The monoisotopic (exact) mass is 393 g/mol. The number of ether oxygens (including phenoxy) is 1. The zero-order valence-electron chi connectivity index (χ0n) is 16.0. The first kappa shape index (κ1) is 20.1. The van der Waals surface area contributed by atoms with Crippen LogP contribution in [0.15, 0.2) is 67.3 Å². The Balaban J connectivity index is 1.52. The normalized spacial score (nSPS) is 15.7. The number of carbonyl (C=O) groups excluding carboxylic acids is 3. The van der Waals surface area contributed by atoms with E-state index in [1.54, 1.807) is 47.4 Å². The van der Waals surface area contributed by atoms with Crippen molar-refractivity contribution in [1.29, 1.82) is 0 Å². The molecule has 0 saturated carbocycles. The molecule has 1 aliphatic heterocycles. The molecule has 3 amide bonds. The summed E-state index contributed by atoms with van der Waals surface area (Å²) in [5, 5.41) is 5.47. The maximum Gasteiger partial charge on any atom is 0.262 e. The summed E-state index contributed by atoms with van der Waals surface area (Å²) in [5.74, 6) is -0.364. The fourth-order valence-corrected chi connectivity index (χ4v) is 3.04. The summed E-state index contributed by atoms with van der Waals surface area (Å²) in [4.78, 5) is 37.9. The van der Waals surface area contributed by atoms with Crippen molar-refractivity contribution in [1.82, 2.24) is 5.32 Å². The van der Waals surface area contributed by atoms with Crippen LogP contribution in [0.4, 0.5) is 11.4 Å². The van der Waals surface area contributed by atoms with Gasteiger partial charge in [-0.25, -0.2) is 0 Å². The van der Waals surface area contributed by atoms with Gasteiger partial charge in [0.1, 0.15) is 5.75 Å². The Hall–Kier alpha value is -3.61. The topological polar surface area (TPSA) is 87.7 Å². The van der Waals surface area contributed by atoms with Crippen LogP contribution in [0.5, 0.6) is 5.75 Å². The van der Waals surface area contributed by atoms with Crippen LogP contribution in [0, 0.1) is 5.92 Å². The Kier molecular flexibility index (Phi) is 6.63. The zero-order valence-corrected chi connectivity index (χ0v) is 16.0. The number of amides is 3. The summed E-state index contributed by atoms with van der Waals surface area (Å²) >= 11 is 0. The van der Waals surface area contributed by atoms with Crippen molar-refractivity contribution in [3.05, 3.63) is 67.3 Å². The van der Waals surface area contributed by atoms with Crippen molar-refractivity contribution in [2.75, 3.05) is 29.9 Å². The summed E-state index contributed by atoms with van der Waals surface area (Å²) in [5.41, 5.74) is 1.39. The zero-order chi connectivity index (χ0) is 20.6.